The summed E-state index contributed by atoms with van der Waals surface area (Å²) in [5.74, 6) is 1.15. The monoisotopic (exact) mass is 407 g/mol. The van der Waals surface area contributed by atoms with E-state index in [1.54, 1.807) is 12.0 Å². The fraction of sp³-hybridized carbons (Fsp3) is 0.619. The van der Waals surface area contributed by atoms with Gasteiger partial charge in [-0.3, -0.25) is 0 Å². The third kappa shape index (κ3) is 4.78. The first kappa shape index (κ1) is 20.9. The molecule has 1 saturated heterocycles. The lowest BCUT2D eigenvalue weighted by atomic mass is 9.97. The predicted octanol–water partition coefficient (Wildman–Crippen LogP) is 4.84. The van der Waals surface area contributed by atoms with Crippen molar-refractivity contribution in [2.45, 2.75) is 58.1 Å². The maximum absolute atomic E-state index is 12.6. The molecule has 7 heteroatoms. The van der Waals surface area contributed by atoms with Gasteiger partial charge in [0, 0.05) is 39.3 Å². The van der Waals surface area contributed by atoms with Crippen LogP contribution in [-0.4, -0.2) is 53.0 Å². The summed E-state index contributed by atoms with van der Waals surface area (Å²) >= 11 is 6.50. The summed E-state index contributed by atoms with van der Waals surface area (Å²) < 4.78 is 13.0. The second-order valence-corrected chi connectivity index (χ2v) is 8.75. The number of hydrogen-bond donors (Lipinski definition) is 0. The van der Waals surface area contributed by atoms with Gasteiger partial charge in [0.05, 0.1) is 16.1 Å². The predicted molar refractivity (Wildman–Crippen MR) is 111 cm³/mol. The van der Waals surface area contributed by atoms with E-state index in [2.05, 4.69) is 4.57 Å². The number of carbonyl (C=O) groups is 1. The number of benzene rings is 1. The van der Waals surface area contributed by atoms with Crippen molar-refractivity contribution >= 4 is 28.7 Å². The molecule has 0 spiro atoms. The van der Waals surface area contributed by atoms with E-state index < -0.39 is 5.60 Å². The van der Waals surface area contributed by atoms with Gasteiger partial charge >= 0.3 is 6.09 Å². The van der Waals surface area contributed by atoms with Gasteiger partial charge in [0.2, 0.25) is 0 Å². The number of imidazole rings is 1. The Morgan fingerprint density at radius 1 is 1.36 bits per heavy atom. The molecule has 1 aliphatic rings. The van der Waals surface area contributed by atoms with Gasteiger partial charge in [-0.2, -0.15) is 0 Å². The zero-order valence-corrected chi connectivity index (χ0v) is 18.0. The molecule has 0 aliphatic carbocycles. The van der Waals surface area contributed by atoms with Crippen molar-refractivity contribution < 1.29 is 14.3 Å². The first-order valence-corrected chi connectivity index (χ1v) is 10.3. The number of amides is 1. The van der Waals surface area contributed by atoms with Crippen LogP contribution in [0.4, 0.5) is 4.79 Å². The summed E-state index contributed by atoms with van der Waals surface area (Å²) in [5.41, 5.74) is 1.36. The molecule has 0 N–H and O–H groups in total. The summed E-state index contributed by atoms with van der Waals surface area (Å²) in [4.78, 5) is 19.3. The van der Waals surface area contributed by atoms with Gasteiger partial charge in [0.25, 0.3) is 0 Å². The maximum atomic E-state index is 12.6. The number of halogens is 1. The zero-order chi connectivity index (χ0) is 20.3. The Morgan fingerprint density at radius 3 is 2.86 bits per heavy atom. The molecule has 28 heavy (non-hydrogen) atoms. The van der Waals surface area contributed by atoms with E-state index in [1.807, 2.05) is 39.0 Å². The van der Waals surface area contributed by atoms with Crippen LogP contribution < -0.4 is 0 Å². The van der Waals surface area contributed by atoms with Gasteiger partial charge in [0.15, 0.2) is 0 Å². The lowest BCUT2D eigenvalue weighted by Crippen LogP contribution is -2.42. The molecule has 1 fully saturated rings. The highest BCUT2D eigenvalue weighted by Crippen LogP contribution is 2.32. The SMILES string of the molecule is COCCCn1c([C@@H]2CCCN(C(=O)OC(C)(C)C)C2)nc2cccc(Cl)c21. The molecule has 1 aromatic heterocycles. The Labute approximate surface area is 171 Å². The molecule has 0 unspecified atom stereocenters. The summed E-state index contributed by atoms with van der Waals surface area (Å²) in [6.45, 7) is 8.47. The molecular weight excluding hydrogens is 378 g/mol. The van der Waals surface area contributed by atoms with Crippen molar-refractivity contribution in [1.29, 1.82) is 0 Å². The van der Waals surface area contributed by atoms with Crippen molar-refractivity contribution in [2.75, 3.05) is 26.8 Å². The number of carbonyl (C=O) groups excluding carboxylic acids is 1. The standard InChI is InChI=1S/C21H30ClN3O3/c1-21(2,3)28-20(26)24-11-6-8-15(14-24)19-23-17-10-5-9-16(22)18(17)25(19)12-7-13-27-4/h5,9-10,15H,6-8,11-14H2,1-4H3/t15-/m1/s1. The third-order valence-electron chi connectivity index (χ3n) is 4.92. The topological polar surface area (TPSA) is 56.6 Å². The summed E-state index contributed by atoms with van der Waals surface area (Å²) in [5, 5.41) is 0.702. The van der Waals surface area contributed by atoms with Crippen molar-refractivity contribution in [1.82, 2.24) is 14.5 Å². The van der Waals surface area contributed by atoms with Crippen LogP contribution in [0.2, 0.25) is 5.02 Å². The highest BCUT2D eigenvalue weighted by atomic mass is 35.5. The van der Waals surface area contributed by atoms with Crippen LogP contribution in [0.15, 0.2) is 18.2 Å². The van der Waals surface area contributed by atoms with Gasteiger partial charge < -0.3 is 18.9 Å². The number of methoxy groups -OCH3 is 1. The van der Waals surface area contributed by atoms with Crippen molar-refractivity contribution in [2.24, 2.45) is 0 Å². The molecule has 0 radical (unpaired) electrons. The number of hydrogen-bond acceptors (Lipinski definition) is 4. The molecule has 1 aliphatic heterocycles. The minimum atomic E-state index is -0.495. The van der Waals surface area contributed by atoms with Crippen LogP contribution >= 0.6 is 11.6 Å². The van der Waals surface area contributed by atoms with E-state index in [0.717, 1.165) is 49.2 Å². The fourth-order valence-electron chi connectivity index (χ4n) is 3.74. The number of fused-ring (bicyclic) bond motifs is 1. The number of nitrogens with zero attached hydrogens (tertiary/aromatic N) is 3. The van der Waals surface area contributed by atoms with E-state index in [0.29, 0.717) is 18.2 Å². The van der Waals surface area contributed by atoms with E-state index in [4.69, 9.17) is 26.1 Å². The Balaban J connectivity index is 1.88. The van der Waals surface area contributed by atoms with Crippen LogP contribution in [0.3, 0.4) is 0 Å². The highest BCUT2D eigenvalue weighted by Gasteiger charge is 2.31. The second kappa shape index (κ2) is 8.70. The highest BCUT2D eigenvalue weighted by molar-refractivity contribution is 6.35. The van der Waals surface area contributed by atoms with Crippen molar-refractivity contribution in [3.05, 3.63) is 29.0 Å². The van der Waals surface area contributed by atoms with Gasteiger partial charge in [-0.05, 0) is 52.2 Å². The molecular formula is C21H30ClN3O3. The number of rotatable bonds is 5. The molecule has 154 valence electrons. The Hall–Kier alpha value is -1.79. The molecule has 3 rings (SSSR count). The first-order valence-electron chi connectivity index (χ1n) is 9.91. The zero-order valence-electron chi connectivity index (χ0n) is 17.2. The minimum Gasteiger partial charge on any atom is -0.444 e. The lowest BCUT2D eigenvalue weighted by Gasteiger charge is -2.34. The maximum Gasteiger partial charge on any atom is 0.410 e. The average Bonchev–Trinajstić information content (AvgIpc) is 3.01. The van der Waals surface area contributed by atoms with Crippen LogP contribution in [0.1, 0.15) is 51.8 Å². The molecule has 1 aromatic carbocycles. The molecule has 0 bridgehead atoms. The number of aromatic nitrogens is 2. The summed E-state index contributed by atoms with van der Waals surface area (Å²) in [6, 6.07) is 5.82. The number of likely N-dealkylation sites (tertiary alicyclic amines) is 1. The second-order valence-electron chi connectivity index (χ2n) is 8.34. The van der Waals surface area contributed by atoms with E-state index in [-0.39, 0.29) is 12.0 Å². The van der Waals surface area contributed by atoms with Crippen LogP contribution in [0, 0.1) is 0 Å². The molecule has 1 amide bonds. The van der Waals surface area contributed by atoms with Crippen LogP contribution in [0.5, 0.6) is 0 Å². The normalized spacial score (nSPS) is 17.9. The van der Waals surface area contributed by atoms with Crippen LogP contribution in [0.25, 0.3) is 11.0 Å². The van der Waals surface area contributed by atoms with E-state index >= 15 is 0 Å². The number of ether oxygens (including phenoxy) is 2. The largest absolute Gasteiger partial charge is 0.444 e. The molecule has 6 nitrogen and oxygen atoms in total. The quantitative estimate of drug-likeness (QED) is 0.665. The number of piperidine rings is 1. The van der Waals surface area contributed by atoms with Crippen molar-refractivity contribution in [3.63, 3.8) is 0 Å². The Bertz CT molecular complexity index is 828. The van der Waals surface area contributed by atoms with Crippen LogP contribution in [-0.2, 0) is 16.0 Å². The number of aryl methyl sites for hydroxylation is 1. The van der Waals surface area contributed by atoms with E-state index in [9.17, 15) is 4.79 Å². The molecule has 0 saturated carbocycles. The lowest BCUT2D eigenvalue weighted by molar-refractivity contribution is 0.0195. The molecule has 1 atom stereocenters. The minimum absolute atomic E-state index is 0.160. The average molecular weight is 408 g/mol. The van der Waals surface area contributed by atoms with Gasteiger partial charge in [-0.1, -0.05) is 17.7 Å². The Kier molecular flexibility index (Phi) is 6.50. The number of para-hydroxylation sites is 1. The van der Waals surface area contributed by atoms with Gasteiger partial charge in [-0.25, -0.2) is 9.78 Å². The summed E-state index contributed by atoms with van der Waals surface area (Å²) in [7, 11) is 1.71. The van der Waals surface area contributed by atoms with Crippen molar-refractivity contribution in [3.8, 4) is 0 Å². The van der Waals surface area contributed by atoms with E-state index in [1.165, 1.54) is 0 Å². The molecule has 2 aromatic rings. The summed E-state index contributed by atoms with van der Waals surface area (Å²) in [6.07, 6.45) is 2.55. The van der Waals surface area contributed by atoms with Gasteiger partial charge in [-0.15, -0.1) is 0 Å². The molecule has 2 heterocycles. The van der Waals surface area contributed by atoms with Gasteiger partial charge in [0.1, 0.15) is 11.4 Å². The smallest absolute Gasteiger partial charge is 0.410 e. The third-order valence-corrected chi connectivity index (χ3v) is 5.22. The Morgan fingerprint density at radius 2 is 2.14 bits per heavy atom. The first-order chi connectivity index (χ1) is 13.3. The fourth-order valence-corrected chi connectivity index (χ4v) is 4.02.